The maximum atomic E-state index is 11.4. The summed E-state index contributed by atoms with van der Waals surface area (Å²) in [7, 11) is 1.77. The number of nitrogens with zero attached hydrogens (tertiary/aromatic N) is 3. The van der Waals surface area contributed by atoms with E-state index in [-0.39, 0.29) is 41.8 Å². The predicted molar refractivity (Wildman–Crippen MR) is 132 cm³/mol. The number of carbonyl (C=O) groups is 1. The van der Waals surface area contributed by atoms with Gasteiger partial charge in [0.1, 0.15) is 5.82 Å². The van der Waals surface area contributed by atoms with E-state index >= 15 is 0 Å². The van der Waals surface area contributed by atoms with Gasteiger partial charge >= 0.3 is 0 Å². The average molecular weight is 522 g/mol. The van der Waals surface area contributed by atoms with Crippen LogP contribution in [-0.4, -0.2) is 37.0 Å². The molecule has 2 aromatic rings. The quantitative estimate of drug-likeness (QED) is 0.308. The molecule has 0 spiro atoms. The van der Waals surface area contributed by atoms with Crippen molar-refractivity contribution < 1.29 is 4.79 Å². The van der Waals surface area contributed by atoms with E-state index in [4.69, 9.17) is 5.73 Å². The maximum Gasteiger partial charge on any atom is 0.220 e. The molecule has 7 nitrogen and oxygen atoms in total. The molecular formula is C22H31IN6O. The molecule has 8 heteroatoms. The molecule has 2 heterocycles. The number of nitrogens with two attached hydrogens (primary N) is 1. The second-order valence-electron chi connectivity index (χ2n) is 7.35. The van der Waals surface area contributed by atoms with Crippen LogP contribution in [-0.2, 0) is 11.3 Å². The van der Waals surface area contributed by atoms with Crippen LogP contribution in [0.5, 0.6) is 0 Å². The number of pyridine rings is 1. The van der Waals surface area contributed by atoms with Crippen LogP contribution in [0, 0.1) is 5.92 Å². The number of halogens is 1. The molecule has 1 fully saturated rings. The summed E-state index contributed by atoms with van der Waals surface area (Å²) in [5.41, 5.74) is 7.76. The molecule has 1 aromatic heterocycles. The zero-order chi connectivity index (χ0) is 20.6. The summed E-state index contributed by atoms with van der Waals surface area (Å²) < 4.78 is 0. The Kier molecular flexibility index (Phi) is 9.35. The van der Waals surface area contributed by atoms with Crippen molar-refractivity contribution in [3.63, 3.8) is 0 Å². The summed E-state index contributed by atoms with van der Waals surface area (Å²) >= 11 is 0. The first-order valence-corrected chi connectivity index (χ1v) is 10.1. The molecule has 1 aliphatic rings. The molecule has 1 saturated heterocycles. The Morgan fingerprint density at radius 2 is 1.93 bits per heavy atom. The number of guanidine groups is 1. The summed E-state index contributed by atoms with van der Waals surface area (Å²) in [4.78, 5) is 22.6. The van der Waals surface area contributed by atoms with Gasteiger partial charge in [-0.15, -0.1) is 24.0 Å². The Morgan fingerprint density at radius 3 is 2.57 bits per heavy atom. The van der Waals surface area contributed by atoms with Crippen LogP contribution in [0.3, 0.4) is 0 Å². The standard InChI is InChI=1S/C22H30N6O.HI/c1-16(17-7-4-3-5-8-17)27-22(24-2)26-15-19-9-6-12-25-21(19)28-13-10-18(11-14-28)20(23)29;/h3-9,12,16,18H,10-11,13-15H2,1-2H3,(H2,23,29)(H2,24,26,27);1H. The fourth-order valence-corrected chi connectivity index (χ4v) is 3.63. The Morgan fingerprint density at radius 1 is 1.23 bits per heavy atom. The van der Waals surface area contributed by atoms with Crippen molar-refractivity contribution in [3.05, 3.63) is 59.8 Å². The lowest BCUT2D eigenvalue weighted by atomic mass is 9.96. The second-order valence-corrected chi connectivity index (χ2v) is 7.35. The number of aromatic nitrogens is 1. The topological polar surface area (TPSA) is 95.6 Å². The fraction of sp³-hybridized carbons (Fsp3) is 0.409. The highest BCUT2D eigenvalue weighted by Crippen LogP contribution is 2.24. The average Bonchev–Trinajstić information content (AvgIpc) is 2.77. The minimum absolute atomic E-state index is 0. The highest BCUT2D eigenvalue weighted by atomic mass is 127. The molecule has 1 aliphatic heterocycles. The molecule has 1 atom stereocenters. The molecule has 0 radical (unpaired) electrons. The molecule has 0 aliphatic carbocycles. The van der Waals surface area contributed by atoms with Crippen LogP contribution in [0.15, 0.2) is 53.7 Å². The number of hydrogen-bond acceptors (Lipinski definition) is 4. The molecular weight excluding hydrogens is 491 g/mol. The van der Waals surface area contributed by atoms with Gasteiger partial charge in [0.2, 0.25) is 5.91 Å². The van der Waals surface area contributed by atoms with E-state index in [2.05, 4.69) is 50.6 Å². The van der Waals surface area contributed by atoms with Crippen LogP contribution < -0.4 is 21.3 Å². The van der Waals surface area contributed by atoms with Crippen molar-refractivity contribution in [2.45, 2.75) is 32.4 Å². The van der Waals surface area contributed by atoms with Gasteiger partial charge in [-0.05, 0) is 31.4 Å². The third kappa shape index (κ3) is 6.32. The van der Waals surface area contributed by atoms with Crippen molar-refractivity contribution >= 4 is 41.7 Å². The second kappa shape index (κ2) is 11.7. The van der Waals surface area contributed by atoms with Crippen LogP contribution in [0.25, 0.3) is 0 Å². The first kappa shape index (κ1) is 23.9. The summed E-state index contributed by atoms with van der Waals surface area (Å²) in [6.07, 6.45) is 3.36. The number of primary amides is 1. The number of aliphatic imine (C=N–C) groups is 1. The van der Waals surface area contributed by atoms with Crippen molar-refractivity contribution in [2.75, 3.05) is 25.0 Å². The number of carbonyl (C=O) groups excluding carboxylic acids is 1. The molecule has 1 unspecified atom stereocenters. The van der Waals surface area contributed by atoms with Crippen molar-refractivity contribution in [1.82, 2.24) is 15.6 Å². The first-order valence-electron chi connectivity index (χ1n) is 10.1. The van der Waals surface area contributed by atoms with Crippen LogP contribution in [0.1, 0.15) is 36.9 Å². The van der Waals surface area contributed by atoms with Gasteiger partial charge < -0.3 is 21.3 Å². The summed E-state index contributed by atoms with van der Waals surface area (Å²) in [6.45, 7) is 4.30. The number of nitrogens with one attached hydrogen (secondary N) is 2. The minimum Gasteiger partial charge on any atom is -0.369 e. The zero-order valence-corrected chi connectivity index (χ0v) is 19.9. The minimum atomic E-state index is -0.199. The number of piperidine rings is 1. The molecule has 30 heavy (non-hydrogen) atoms. The van der Waals surface area contributed by atoms with Gasteiger partial charge in [0, 0.05) is 44.4 Å². The van der Waals surface area contributed by atoms with Gasteiger partial charge in [0.05, 0.1) is 6.04 Å². The Bertz CT molecular complexity index is 837. The van der Waals surface area contributed by atoms with E-state index in [0.29, 0.717) is 6.54 Å². The summed E-state index contributed by atoms with van der Waals surface area (Å²) in [5, 5.41) is 6.81. The maximum absolute atomic E-state index is 11.4. The Labute approximate surface area is 195 Å². The van der Waals surface area contributed by atoms with E-state index in [1.807, 2.05) is 30.5 Å². The normalized spacial score (nSPS) is 15.8. The smallest absolute Gasteiger partial charge is 0.220 e. The van der Waals surface area contributed by atoms with Crippen LogP contribution in [0.4, 0.5) is 5.82 Å². The number of hydrogen-bond donors (Lipinski definition) is 3. The van der Waals surface area contributed by atoms with Crippen molar-refractivity contribution in [2.24, 2.45) is 16.6 Å². The lowest BCUT2D eigenvalue weighted by Crippen LogP contribution is -2.40. The van der Waals surface area contributed by atoms with Gasteiger partial charge in [0.25, 0.3) is 0 Å². The van der Waals surface area contributed by atoms with Crippen LogP contribution >= 0.6 is 24.0 Å². The van der Waals surface area contributed by atoms with Gasteiger partial charge in [-0.2, -0.15) is 0 Å². The predicted octanol–water partition coefficient (Wildman–Crippen LogP) is 2.83. The molecule has 162 valence electrons. The molecule has 4 N–H and O–H groups in total. The monoisotopic (exact) mass is 522 g/mol. The van der Waals surface area contributed by atoms with Gasteiger partial charge in [0.15, 0.2) is 5.96 Å². The highest BCUT2D eigenvalue weighted by Gasteiger charge is 2.25. The highest BCUT2D eigenvalue weighted by molar-refractivity contribution is 14.0. The van der Waals surface area contributed by atoms with E-state index in [9.17, 15) is 4.79 Å². The lowest BCUT2D eigenvalue weighted by Gasteiger charge is -2.32. The fourth-order valence-electron chi connectivity index (χ4n) is 3.63. The zero-order valence-electron chi connectivity index (χ0n) is 17.5. The third-order valence-electron chi connectivity index (χ3n) is 5.39. The Hall–Kier alpha value is -2.36. The van der Waals surface area contributed by atoms with Gasteiger partial charge in [-0.1, -0.05) is 36.4 Å². The number of rotatable bonds is 6. The van der Waals surface area contributed by atoms with E-state index in [1.165, 1.54) is 5.56 Å². The summed E-state index contributed by atoms with van der Waals surface area (Å²) in [6, 6.07) is 14.4. The summed E-state index contributed by atoms with van der Waals surface area (Å²) in [5.74, 6) is 1.46. The van der Waals surface area contributed by atoms with Crippen molar-refractivity contribution in [1.29, 1.82) is 0 Å². The SMILES string of the molecule is CN=C(NCc1cccnc1N1CCC(C(N)=O)CC1)NC(C)c1ccccc1.I. The van der Waals surface area contributed by atoms with E-state index < -0.39 is 0 Å². The van der Waals surface area contributed by atoms with Crippen molar-refractivity contribution in [3.8, 4) is 0 Å². The van der Waals surface area contributed by atoms with E-state index in [0.717, 1.165) is 43.3 Å². The third-order valence-corrected chi connectivity index (χ3v) is 5.39. The Balaban J connectivity index is 0.00000320. The molecule has 1 aromatic carbocycles. The van der Waals surface area contributed by atoms with E-state index in [1.54, 1.807) is 7.05 Å². The van der Waals surface area contributed by atoms with Crippen LogP contribution in [0.2, 0.25) is 0 Å². The first-order chi connectivity index (χ1) is 14.1. The number of benzene rings is 1. The number of anilines is 1. The molecule has 0 bridgehead atoms. The van der Waals surface area contributed by atoms with Gasteiger partial charge in [-0.25, -0.2) is 4.98 Å². The molecule has 0 saturated carbocycles. The number of amides is 1. The lowest BCUT2D eigenvalue weighted by molar-refractivity contribution is -0.122. The largest absolute Gasteiger partial charge is 0.369 e. The molecule has 1 amide bonds. The molecule has 3 rings (SSSR count). The van der Waals surface area contributed by atoms with Gasteiger partial charge in [-0.3, -0.25) is 9.79 Å².